The zero-order valence-corrected chi connectivity index (χ0v) is 15.5. The summed E-state index contributed by atoms with van der Waals surface area (Å²) in [6.45, 7) is 11.1. The molecule has 3 N–H and O–H groups in total. The van der Waals surface area contributed by atoms with Crippen LogP contribution >= 0.6 is 0 Å². The van der Waals surface area contributed by atoms with Gasteiger partial charge in [-0.1, -0.05) is 0 Å². The molecule has 1 aromatic rings. The number of ether oxygens (including phenoxy) is 1. The van der Waals surface area contributed by atoms with E-state index in [2.05, 4.69) is 37.7 Å². The molecule has 0 bridgehead atoms. The molecule has 0 amide bonds. The smallest absolute Gasteiger partial charge is 0.240 e. The second-order valence-corrected chi connectivity index (χ2v) is 9.47. The number of piperidine rings is 1. The summed E-state index contributed by atoms with van der Waals surface area (Å²) >= 11 is 0. The van der Waals surface area contributed by atoms with E-state index in [1.807, 2.05) is 6.92 Å². The average Bonchev–Trinajstić information content (AvgIpc) is 2.35. The first-order valence-electron chi connectivity index (χ1n) is 8.15. The summed E-state index contributed by atoms with van der Waals surface area (Å²) < 4.78 is 33.5. The lowest BCUT2D eigenvalue weighted by atomic mass is 9.80. The van der Waals surface area contributed by atoms with Crippen molar-refractivity contribution in [1.82, 2.24) is 4.72 Å². The van der Waals surface area contributed by atoms with Gasteiger partial charge in [0, 0.05) is 18.9 Å². The predicted molar refractivity (Wildman–Crippen MR) is 91.0 cm³/mol. The highest BCUT2D eigenvalue weighted by molar-refractivity contribution is 7.89. The van der Waals surface area contributed by atoms with Crippen LogP contribution in [0.3, 0.4) is 0 Å². The van der Waals surface area contributed by atoms with Crippen molar-refractivity contribution in [1.29, 1.82) is 0 Å². The Morgan fingerprint density at radius 3 is 2.13 bits per heavy atom. The number of benzene rings is 1. The molecule has 1 heterocycles. The molecule has 0 aliphatic carbocycles. The van der Waals surface area contributed by atoms with Gasteiger partial charge in [0.2, 0.25) is 10.0 Å². The zero-order chi connectivity index (χ0) is 17.3. The minimum absolute atomic E-state index is 0.0216. The number of sulfonamides is 1. The predicted octanol–water partition coefficient (Wildman–Crippen LogP) is 1.65. The molecule has 6 heteroatoms. The summed E-state index contributed by atoms with van der Waals surface area (Å²) in [6.07, 6.45) is 1.62. The Morgan fingerprint density at radius 1 is 1.13 bits per heavy atom. The van der Waals surface area contributed by atoms with Gasteiger partial charge in [0.15, 0.2) is 0 Å². The highest BCUT2D eigenvalue weighted by Crippen LogP contribution is 2.24. The molecular weight excluding hydrogens is 312 g/mol. The van der Waals surface area contributed by atoms with Crippen LogP contribution in [0.5, 0.6) is 5.75 Å². The SMILES string of the molecule is CCOc1ccc(S(=O)(=O)NC2CC(C)(C)[NH2+]C(C)(C)C2)cc1. The third-order valence-corrected chi connectivity index (χ3v) is 5.63. The Morgan fingerprint density at radius 2 is 1.65 bits per heavy atom. The third kappa shape index (κ3) is 4.93. The first-order chi connectivity index (χ1) is 10.5. The van der Waals surface area contributed by atoms with Crippen LogP contribution in [0.1, 0.15) is 47.5 Å². The molecule has 1 aromatic carbocycles. The molecule has 1 fully saturated rings. The maximum atomic E-state index is 12.6. The Hall–Kier alpha value is -1.11. The summed E-state index contributed by atoms with van der Waals surface area (Å²) in [4.78, 5) is 0.283. The number of rotatable bonds is 5. The maximum absolute atomic E-state index is 12.6. The van der Waals surface area contributed by atoms with Crippen molar-refractivity contribution in [2.45, 2.75) is 69.5 Å². The van der Waals surface area contributed by atoms with Crippen molar-refractivity contribution in [3.63, 3.8) is 0 Å². The van der Waals surface area contributed by atoms with E-state index in [1.54, 1.807) is 24.3 Å². The van der Waals surface area contributed by atoms with Gasteiger partial charge < -0.3 is 10.1 Å². The molecule has 0 unspecified atom stereocenters. The van der Waals surface area contributed by atoms with Gasteiger partial charge in [0.1, 0.15) is 5.75 Å². The van der Waals surface area contributed by atoms with Crippen LogP contribution in [0, 0.1) is 0 Å². The van der Waals surface area contributed by atoms with E-state index in [-0.39, 0.29) is 22.0 Å². The second-order valence-electron chi connectivity index (χ2n) is 7.75. The second kappa shape index (κ2) is 6.42. The van der Waals surface area contributed by atoms with Crippen LogP contribution in [0.15, 0.2) is 29.2 Å². The van der Waals surface area contributed by atoms with Gasteiger partial charge in [-0.05, 0) is 58.9 Å². The third-order valence-electron chi connectivity index (χ3n) is 4.09. The highest BCUT2D eigenvalue weighted by Gasteiger charge is 2.42. The van der Waals surface area contributed by atoms with Crippen LogP contribution in [0.2, 0.25) is 0 Å². The van der Waals surface area contributed by atoms with Crippen LogP contribution < -0.4 is 14.8 Å². The molecule has 1 aliphatic rings. The Kier molecular flexibility index (Phi) is 5.09. The lowest BCUT2D eigenvalue weighted by Crippen LogP contribution is -3.06. The number of quaternary nitrogens is 1. The summed E-state index contributed by atoms with van der Waals surface area (Å²) in [6, 6.07) is 6.53. The first-order valence-corrected chi connectivity index (χ1v) is 9.64. The fourth-order valence-electron chi connectivity index (χ4n) is 3.77. The zero-order valence-electron chi connectivity index (χ0n) is 14.7. The van der Waals surface area contributed by atoms with Crippen molar-refractivity contribution in [2.75, 3.05) is 6.61 Å². The topological polar surface area (TPSA) is 72.0 Å². The Labute approximate surface area is 139 Å². The van der Waals surface area contributed by atoms with E-state index >= 15 is 0 Å². The average molecular weight is 341 g/mol. The van der Waals surface area contributed by atoms with Gasteiger partial charge in [-0.15, -0.1) is 0 Å². The number of hydrogen-bond donors (Lipinski definition) is 2. The van der Waals surface area contributed by atoms with E-state index in [0.717, 1.165) is 12.8 Å². The van der Waals surface area contributed by atoms with E-state index < -0.39 is 10.0 Å². The van der Waals surface area contributed by atoms with Gasteiger partial charge in [0.05, 0.1) is 22.6 Å². The van der Waals surface area contributed by atoms with Gasteiger partial charge in [0.25, 0.3) is 0 Å². The Balaban J connectivity index is 2.14. The number of nitrogens with two attached hydrogens (primary N) is 1. The molecule has 2 rings (SSSR count). The summed E-state index contributed by atoms with van der Waals surface area (Å²) in [5, 5.41) is 2.34. The molecule has 0 saturated carbocycles. The summed E-state index contributed by atoms with van der Waals surface area (Å²) in [7, 11) is -3.51. The van der Waals surface area contributed by atoms with Crippen LogP contribution in [0.25, 0.3) is 0 Å². The molecule has 0 aromatic heterocycles. The molecule has 1 aliphatic heterocycles. The fourth-order valence-corrected chi connectivity index (χ4v) is 5.01. The van der Waals surface area contributed by atoms with Crippen molar-refractivity contribution < 1.29 is 18.5 Å². The molecule has 0 radical (unpaired) electrons. The van der Waals surface area contributed by atoms with Crippen LogP contribution in [-0.2, 0) is 10.0 Å². The summed E-state index contributed by atoms with van der Waals surface area (Å²) in [5.74, 6) is 0.681. The van der Waals surface area contributed by atoms with Crippen molar-refractivity contribution >= 4 is 10.0 Å². The van der Waals surface area contributed by atoms with Crippen LogP contribution in [-0.4, -0.2) is 32.1 Å². The number of nitrogens with one attached hydrogen (secondary N) is 1. The van der Waals surface area contributed by atoms with Gasteiger partial charge in [-0.3, -0.25) is 0 Å². The molecule has 0 atom stereocenters. The molecular formula is C17H29N2O3S+. The lowest BCUT2D eigenvalue weighted by molar-refractivity contribution is -0.787. The normalized spacial score (nSPS) is 21.1. The van der Waals surface area contributed by atoms with Crippen LogP contribution in [0.4, 0.5) is 0 Å². The maximum Gasteiger partial charge on any atom is 0.240 e. The lowest BCUT2D eigenvalue weighted by Gasteiger charge is -2.43. The van der Waals surface area contributed by atoms with Crippen molar-refractivity contribution in [3.05, 3.63) is 24.3 Å². The molecule has 23 heavy (non-hydrogen) atoms. The fraction of sp³-hybridized carbons (Fsp3) is 0.647. The number of hydrogen-bond acceptors (Lipinski definition) is 3. The van der Waals surface area contributed by atoms with E-state index in [1.165, 1.54) is 0 Å². The Bertz CT molecular complexity index is 620. The first kappa shape index (κ1) is 18.2. The van der Waals surface area contributed by atoms with Crippen molar-refractivity contribution in [3.8, 4) is 5.75 Å². The monoisotopic (exact) mass is 341 g/mol. The van der Waals surface area contributed by atoms with Gasteiger partial charge in [-0.2, -0.15) is 0 Å². The van der Waals surface area contributed by atoms with E-state index in [9.17, 15) is 8.42 Å². The minimum Gasteiger partial charge on any atom is -0.494 e. The standard InChI is InChI=1S/C17H28N2O3S/c1-6-22-14-7-9-15(10-8-14)23(20,21)18-13-11-16(2,3)19-17(4,5)12-13/h7-10,13,18-19H,6,11-12H2,1-5H3/p+1. The molecule has 1 saturated heterocycles. The highest BCUT2D eigenvalue weighted by atomic mass is 32.2. The van der Waals surface area contributed by atoms with E-state index in [4.69, 9.17) is 4.74 Å². The minimum atomic E-state index is -3.51. The molecule has 130 valence electrons. The molecule has 0 spiro atoms. The quantitative estimate of drug-likeness (QED) is 0.855. The van der Waals surface area contributed by atoms with Gasteiger partial charge >= 0.3 is 0 Å². The summed E-state index contributed by atoms with van der Waals surface area (Å²) in [5.41, 5.74) is 0.0432. The largest absolute Gasteiger partial charge is 0.494 e. The van der Waals surface area contributed by atoms with Gasteiger partial charge in [-0.25, -0.2) is 13.1 Å². The molecule has 5 nitrogen and oxygen atoms in total. The van der Waals surface area contributed by atoms with Crippen molar-refractivity contribution in [2.24, 2.45) is 0 Å². The van der Waals surface area contributed by atoms with E-state index in [0.29, 0.717) is 12.4 Å².